The van der Waals surface area contributed by atoms with E-state index >= 15 is 0 Å². The summed E-state index contributed by atoms with van der Waals surface area (Å²) in [5.41, 5.74) is 6.12. The van der Waals surface area contributed by atoms with Crippen LogP contribution in [0.2, 0.25) is 0 Å². The molecule has 1 aromatic heterocycles. The minimum atomic E-state index is -0.546. The van der Waals surface area contributed by atoms with Crippen molar-refractivity contribution in [3.63, 3.8) is 0 Å². The fraction of sp³-hybridized carbons (Fsp3) is 0.241. The van der Waals surface area contributed by atoms with E-state index in [9.17, 15) is 9.59 Å². The van der Waals surface area contributed by atoms with Gasteiger partial charge in [0, 0.05) is 34.6 Å². The summed E-state index contributed by atoms with van der Waals surface area (Å²) in [6.45, 7) is 2.04. The molecule has 3 atom stereocenters. The molecule has 5 heteroatoms. The number of hydrogen-bond acceptors (Lipinski definition) is 2. The highest BCUT2D eigenvalue weighted by Crippen LogP contribution is 2.46. The molecule has 0 aliphatic carbocycles. The zero-order valence-electron chi connectivity index (χ0n) is 19.1. The summed E-state index contributed by atoms with van der Waals surface area (Å²) < 4.78 is 0. The first-order valence-corrected chi connectivity index (χ1v) is 12.0. The number of rotatable bonds is 5. The molecule has 2 aliphatic rings. The smallest absolute Gasteiger partial charge is 0.255 e. The van der Waals surface area contributed by atoms with Crippen LogP contribution in [-0.4, -0.2) is 33.8 Å². The van der Waals surface area contributed by atoms with Crippen molar-refractivity contribution in [1.82, 2.24) is 15.2 Å². The van der Waals surface area contributed by atoms with Gasteiger partial charge in [0.15, 0.2) is 0 Å². The molecule has 4 aromatic rings. The molecule has 34 heavy (non-hydrogen) atoms. The normalized spacial score (nSPS) is 19.4. The summed E-state index contributed by atoms with van der Waals surface area (Å²) in [4.78, 5) is 32.5. The Morgan fingerprint density at radius 1 is 1.03 bits per heavy atom. The Morgan fingerprint density at radius 2 is 1.76 bits per heavy atom. The lowest BCUT2D eigenvalue weighted by Gasteiger charge is -2.37. The van der Waals surface area contributed by atoms with Gasteiger partial charge in [-0.05, 0) is 48.6 Å². The largest absolute Gasteiger partial charge is 0.356 e. The van der Waals surface area contributed by atoms with E-state index in [0.717, 1.165) is 40.6 Å². The highest BCUT2D eigenvalue weighted by Gasteiger charge is 2.48. The van der Waals surface area contributed by atoms with Crippen molar-refractivity contribution >= 4 is 22.7 Å². The number of nitrogens with one attached hydrogen (secondary N) is 2. The molecule has 6 rings (SSSR count). The number of fused-ring (bicyclic) bond motifs is 7. The number of para-hydroxylation sites is 1. The van der Waals surface area contributed by atoms with Crippen LogP contribution in [0.1, 0.15) is 52.1 Å². The number of benzene rings is 3. The minimum absolute atomic E-state index is 0.00982. The lowest BCUT2D eigenvalue weighted by Crippen LogP contribution is -2.53. The zero-order chi connectivity index (χ0) is 23.2. The highest BCUT2D eigenvalue weighted by molar-refractivity contribution is 6.03. The van der Waals surface area contributed by atoms with Crippen LogP contribution in [0.4, 0.5) is 0 Å². The molecular weight excluding hydrogens is 422 g/mol. The molecule has 2 N–H and O–H groups in total. The molecule has 0 saturated carbocycles. The van der Waals surface area contributed by atoms with E-state index in [0.29, 0.717) is 12.0 Å². The summed E-state index contributed by atoms with van der Waals surface area (Å²) in [6.07, 6.45) is 2.25. The molecule has 0 unspecified atom stereocenters. The molecule has 3 heterocycles. The van der Waals surface area contributed by atoms with Crippen molar-refractivity contribution in [2.75, 3.05) is 0 Å². The first kappa shape index (κ1) is 20.7. The molecule has 0 bridgehead atoms. The molecule has 0 spiro atoms. The molecule has 3 aromatic carbocycles. The van der Waals surface area contributed by atoms with E-state index in [4.69, 9.17) is 0 Å². The van der Waals surface area contributed by atoms with E-state index in [1.807, 2.05) is 61.5 Å². The van der Waals surface area contributed by atoms with Gasteiger partial charge in [-0.1, -0.05) is 66.7 Å². The number of hydrogen-bond donors (Lipinski definition) is 2. The summed E-state index contributed by atoms with van der Waals surface area (Å²) in [7, 11) is 0. The number of aromatic nitrogens is 1. The Hall–Kier alpha value is -3.86. The number of aromatic amines is 1. The van der Waals surface area contributed by atoms with Crippen LogP contribution in [0.5, 0.6) is 0 Å². The monoisotopic (exact) mass is 449 g/mol. The molecule has 2 aliphatic heterocycles. The van der Waals surface area contributed by atoms with Gasteiger partial charge in [0.05, 0.1) is 6.04 Å². The average molecular weight is 450 g/mol. The maximum absolute atomic E-state index is 13.6. The highest BCUT2D eigenvalue weighted by atomic mass is 16.2. The van der Waals surface area contributed by atoms with Gasteiger partial charge in [-0.2, -0.15) is 0 Å². The van der Waals surface area contributed by atoms with Crippen molar-refractivity contribution in [2.45, 2.75) is 44.3 Å². The fourth-order valence-corrected chi connectivity index (χ4v) is 5.58. The number of amides is 2. The molecule has 0 fully saturated rings. The second kappa shape index (κ2) is 8.17. The molecule has 2 amide bonds. The summed E-state index contributed by atoms with van der Waals surface area (Å²) in [5.74, 6) is -0.148. The van der Waals surface area contributed by atoms with Crippen LogP contribution >= 0.6 is 0 Å². The maximum atomic E-state index is 13.6. The number of carbonyl (C=O) groups is 2. The van der Waals surface area contributed by atoms with Crippen molar-refractivity contribution in [1.29, 1.82) is 0 Å². The van der Waals surface area contributed by atoms with E-state index in [2.05, 4.69) is 34.6 Å². The van der Waals surface area contributed by atoms with Gasteiger partial charge in [0.25, 0.3) is 5.91 Å². The van der Waals surface area contributed by atoms with Crippen molar-refractivity contribution in [3.8, 4) is 0 Å². The Morgan fingerprint density at radius 3 is 2.62 bits per heavy atom. The van der Waals surface area contributed by atoms with Gasteiger partial charge in [-0.25, -0.2) is 0 Å². The van der Waals surface area contributed by atoms with E-state index in [-0.39, 0.29) is 23.9 Å². The second-order valence-corrected chi connectivity index (χ2v) is 9.42. The van der Waals surface area contributed by atoms with Crippen LogP contribution in [0.3, 0.4) is 0 Å². The van der Waals surface area contributed by atoms with Gasteiger partial charge in [-0.3, -0.25) is 9.59 Å². The van der Waals surface area contributed by atoms with E-state index in [1.165, 1.54) is 5.56 Å². The predicted molar refractivity (Wildman–Crippen MR) is 133 cm³/mol. The van der Waals surface area contributed by atoms with Gasteiger partial charge < -0.3 is 15.2 Å². The van der Waals surface area contributed by atoms with E-state index < -0.39 is 6.04 Å². The minimum Gasteiger partial charge on any atom is -0.356 e. The van der Waals surface area contributed by atoms with Crippen LogP contribution in [0.15, 0.2) is 78.9 Å². The standard InChI is InChI=1S/C29H27N3O2/c1-18(15-16-19-9-3-2-4-10-19)30-28(33)25-17-23-20-11-7-8-14-24(20)31-26(23)27-21-12-5-6-13-22(21)29(34)32(25)27/h2-14,18,25,27,31H,15-17H2,1H3,(H,30,33)/t18-,25+,27+/m1/s1. The summed E-state index contributed by atoms with van der Waals surface area (Å²) in [6, 6.07) is 25.4. The Bertz CT molecular complexity index is 1390. The number of H-pyrrole nitrogens is 1. The maximum Gasteiger partial charge on any atom is 0.255 e. The molecular formula is C29H27N3O2. The van der Waals surface area contributed by atoms with E-state index in [1.54, 1.807) is 4.90 Å². The van der Waals surface area contributed by atoms with Crippen molar-refractivity contribution < 1.29 is 9.59 Å². The van der Waals surface area contributed by atoms with Crippen LogP contribution < -0.4 is 5.32 Å². The quantitative estimate of drug-likeness (QED) is 0.461. The topological polar surface area (TPSA) is 65.2 Å². The van der Waals surface area contributed by atoms with Crippen molar-refractivity contribution in [3.05, 3.63) is 107 Å². The third-order valence-electron chi connectivity index (χ3n) is 7.25. The fourth-order valence-electron chi connectivity index (χ4n) is 5.58. The summed E-state index contributed by atoms with van der Waals surface area (Å²) in [5, 5.41) is 4.34. The third-order valence-corrected chi connectivity index (χ3v) is 7.25. The van der Waals surface area contributed by atoms with Gasteiger partial charge >= 0.3 is 0 Å². The third kappa shape index (κ3) is 3.31. The number of aryl methyl sites for hydroxylation is 1. The van der Waals surface area contributed by atoms with Gasteiger partial charge in [-0.15, -0.1) is 0 Å². The summed E-state index contributed by atoms with van der Waals surface area (Å²) >= 11 is 0. The van der Waals surface area contributed by atoms with Crippen LogP contribution in [0, 0.1) is 0 Å². The second-order valence-electron chi connectivity index (χ2n) is 9.42. The first-order valence-electron chi connectivity index (χ1n) is 12.0. The predicted octanol–water partition coefficient (Wildman–Crippen LogP) is 4.78. The van der Waals surface area contributed by atoms with Gasteiger partial charge in [0.1, 0.15) is 6.04 Å². The average Bonchev–Trinajstić information content (AvgIpc) is 3.38. The molecule has 0 saturated heterocycles. The van der Waals surface area contributed by atoms with Crippen LogP contribution in [-0.2, 0) is 17.6 Å². The molecule has 0 radical (unpaired) electrons. The lowest BCUT2D eigenvalue weighted by molar-refractivity contribution is -0.127. The Kier molecular flexibility index (Phi) is 4.98. The Balaban J connectivity index is 1.32. The zero-order valence-corrected chi connectivity index (χ0v) is 19.1. The van der Waals surface area contributed by atoms with Gasteiger partial charge in [0.2, 0.25) is 5.91 Å². The SMILES string of the molecule is C[C@H](CCc1ccccc1)NC(=O)[C@@H]1Cc2c([nH]c3ccccc23)[C@@H]2c3ccccc3C(=O)N21. The Labute approximate surface area is 198 Å². The first-order chi connectivity index (χ1) is 16.6. The van der Waals surface area contributed by atoms with Crippen molar-refractivity contribution in [2.24, 2.45) is 0 Å². The van der Waals surface area contributed by atoms with Crippen LogP contribution in [0.25, 0.3) is 10.9 Å². The number of nitrogens with zero attached hydrogens (tertiary/aromatic N) is 1. The lowest BCUT2D eigenvalue weighted by atomic mass is 9.89. The number of carbonyl (C=O) groups excluding carboxylic acids is 2. The molecule has 5 nitrogen and oxygen atoms in total. The molecule has 170 valence electrons.